The Labute approximate surface area is 96.8 Å². The molecule has 3 nitrogen and oxygen atoms in total. The van der Waals surface area contributed by atoms with Crippen molar-refractivity contribution in [1.29, 1.82) is 0 Å². The summed E-state index contributed by atoms with van der Waals surface area (Å²) in [5.41, 5.74) is 1.16. The van der Waals surface area contributed by atoms with Crippen LogP contribution in [0, 0.1) is 0 Å². The minimum Gasteiger partial charge on any atom is -0.494 e. The molecule has 1 N–H and O–H groups in total. The quantitative estimate of drug-likeness (QED) is 0.799. The number of nitrogens with one attached hydrogen (secondary N) is 1. The number of hydrogen-bond donors (Lipinski definition) is 1. The van der Waals surface area contributed by atoms with Crippen LogP contribution in [-0.2, 0) is 11.2 Å². The van der Waals surface area contributed by atoms with E-state index in [1.807, 2.05) is 24.3 Å². The number of carbonyl (C=O) groups excluding carboxylic acids is 1. The summed E-state index contributed by atoms with van der Waals surface area (Å²) in [6, 6.07) is 7.92. The average molecular weight is 221 g/mol. The molecule has 0 radical (unpaired) electrons. The first-order chi connectivity index (χ1) is 7.76. The molecule has 1 amide bonds. The summed E-state index contributed by atoms with van der Waals surface area (Å²) in [5, 5.41) is 2.61. The highest BCUT2D eigenvalue weighted by molar-refractivity contribution is 5.75. The van der Waals surface area contributed by atoms with Crippen molar-refractivity contribution in [2.75, 3.05) is 13.7 Å². The highest BCUT2D eigenvalue weighted by Gasteiger charge is 2.00. The van der Waals surface area contributed by atoms with Crippen molar-refractivity contribution in [3.8, 4) is 5.75 Å². The molecule has 88 valence electrons. The summed E-state index contributed by atoms with van der Waals surface area (Å²) >= 11 is 0. The Morgan fingerprint density at radius 2 is 2.00 bits per heavy atom. The molecule has 0 saturated carbocycles. The fourth-order valence-corrected chi connectivity index (χ4v) is 1.36. The molecule has 0 saturated heterocycles. The zero-order valence-corrected chi connectivity index (χ0v) is 9.95. The van der Waals surface area contributed by atoms with Crippen LogP contribution in [0.25, 0.3) is 0 Å². The van der Waals surface area contributed by atoms with E-state index < -0.39 is 0 Å². The second-order valence-electron chi connectivity index (χ2n) is 3.67. The van der Waals surface area contributed by atoms with Crippen LogP contribution < -0.4 is 10.1 Å². The van der Waals surface area contributed by atoms with Crippen molar-refractivity contribution in [1.82, 2.24) is 5.32 Å². The molecule has 0 aromatic heterocycles. The molecule has 0 heterocycles. The van der Waals surface area contributed by atoms with Crippen LogP contribution in [0.3, 0.4) is 0 Å². The van der Waals surface area contributed by atoms with Gasteiger partial charge in [0.2, 0.25) is 5.91 Å². The largest absolute Gasteiger partial charge is 0.494 e. The van der Waals surface area contributed by atoms with E-state index in [1.54, 1.807) is 7.05 Å². The lowest BCUT2D eigenvalue weighted by atomic mass is 10.1. The molecule has 0 spiro atoms. The van der Waals surface area contributed by atoms with E-state index in [1.165, 1.54) is 0 Å². The van der Waals surface area contributed by atoms with Gasteiger partial charge in [0.25, 0.3) is 0 Å². The third-order valence-electron chi connectivity index (χ3n) is 2.32. The first kappa shape index (κ1) is 12.6. The van der Waals surface area contributed by atoms with Gasteiger partial charge in [-0.05, 0) is 30.5 Å². The second-order valence-corrected chi connectivity index (χ2v) is 3.67. The normalized spacial score (nSPS) is 9.88. The first-order valence-corrected chi connectivity index (χ1v) is 5.68. The van der Waals surface area contributed by atoms with Crippen LogP contribution in [-0.4, -0.2) is 19.6 Å². The zero-order valence-electron chi connectivity index (χ0n) is 9.95. The minimum absolute atomic E-state index is 0.0753. The van der Waals surface area contributed by atoms with Gasteiger partial charge in [-0.2, -0.15) is 0 Å². The smallest absolute Gasteiger partial charge is 0.220 e. The predicted molar refractivity (Wildman–Crippen MR) is 64.6 cm³/mol. The number of hydrogen-bond acceptors (Lipinski definition) is 2. The topological polar surface area (TPSA) is 38.3 Å². The molecule has 0 atom stereocenters. The first-order valence-electron chi connectivity index (χ1n) is 5.68. The number of benzene rings is 1. The fraction of sp³-hybridized carbons (Fsp3) is 0.462. The maximum atomic E-state index is 11.1. The van der Waals surface area contributed by atoms with Gasteiger partial charge < -0.3 is 10.1 Å². The minimum atomic E-state index is 0.0753. The van der Waals surface area contributed by atoms with E-state index in [2.05, 4.69) is 12.2 Å². The number of ether oxygens (including phenoxy) is 1. The van der Waals surface area contributed by atoms with Gasteiger partial charge in [0.1, 0.15) is 5.75 Å². The molecule has 0 aliphatic heterocycles. The van der Waals surface area contributed by atoms with Crippen molar-refractivity contribution < 1.29 is 9.53 Å². The average Bonchev–Trinajstić information content (AvgIpc) is 2.34. The van der Waals surface area contributed by atoms with E-state index in [9.17, 15) is 4.79 Å². The van der Waals surface area contributed by atoms with Gasteiger partial charge in [-0.3, -0.25) is 4.79 Å². The lowest BCUT2D eigenvalue weighted by Gasteiger charge is -2.05. The van der Waals surface area contributed by atoms with Crippen molar-refractivity contribution in [3.63, 3.8) is 0 Å². The number of amides is 1. The second kappa shape index (κ2) is 6.88. The maximum Gasteiger partial charge on any atom is 0.220 e. The molecular weight excluding hydrogens is 202 g/mol. The van der Waals surface area contributed by atoms with E-state index in [0.717, 1.165) is 30.8 Å². The highest BCUT2D eigenvalue weighted by atomic mass is 16.5. The molecule has 1 aromatic rings. The zero-order chi connectivity index (χ0) is 11.8. The van der Waals surface area contributed by atoms with Crippen LogP contribution in [0.1, 0.15) is 25.3 Å². The Morgan fingerprint density at radius 1 is 1.31 bits per heavy atom. The van der Waals surface area contributed by atoms with Gasteiger partial charge in [-0.25, -0.2) is 0 Å². The summed E-state index contributed by atoms with van der Waals surface area (Å²) in [4.78, 5) is 11.1. The molecule has 0 bridgehead atoms. The fourth-order valence-electron chi connectivity index (χ4n) is 1.36. The summed E-state index contributed by atoms with van der Waals surface area (Å²) in [6.45, 7) is 2.83. The lowest BCUT2D eigenvalue weighted by Crippen LogP contribution is -2.17. The van der Waals surface area contributed by atoms with Crippen LogP contribution >= 0.6 is 0 Å². The van der Waals surface area contributed by atoms with E-state index in [0.29, 0.717) is 6.42 Å². The molecule has 3 heteroatoms. The monoisotopic (exact) mass is 221 g/mol. The Hall–Kier alpha value is -1.51. The maximum absolute atomic E-state index is 11.1. The van der Waals surface area contributed by atoms with Gasteiger partial charge in [0, 0.05) is 13.5 Å². The molecule has 0 aliphatic rings. The van der Waals surface area contributed by atoms with Gasteiger partial charge in [0.15, 0.2) is 0 Å². The SMILES string of the molecule is CCCOc1ccc(CCC(=O)NC)cc1. The summed E-state index contributed by atoms with van der Waals surface area (Å²) in [6.07, 6.45) is 2.32. The summed E-state index contributed by atoms with van der Waals surface area (Å²) in [5.74, 6) is 0.969. The van der Waals surface area contributed by atoms with Gasteiger partial charge in [0.05, 0.1) is 6.61 Å². The molecule has 0 unspecified atom stereocenters. The van der Waals surface area contributed by atoms with Crippen molar-refractivity contribution >= 4 is 5.91 Å². The molecule has 1 aromatic carbocycles. The van der Waals surface area contributed by atoms with Gasteiger partial charge in [-0.15, -0.1) is 0 Å². The van der Waals surface area contributed by atoms with Crippen LogP contribution in [0.15, 0.2) is 24.3 Å². The van der Waals surface area contributed by atoms with Crippen LogP contribution in [0.5, 0.6) is 5.75 Å². The van der Waals surface area contributed by atoms with Crippen molar-refractivity contribution in [2.45, 2.75) is 26.2 Å². The molecule has 1 rings (SSSR count). The van der Waals surface area contributed by atoms with Crippen molar-refractivity contribution in [2.24, 2.45) is 0 Å². The van der Waals surface area contributed by atoms with E-state index in [4.69, 9.17) is 4.74 Å². The Balaban J connectivity index is 2.41. The number of aryl methyl sites for hydroxylation is 1. The number of rotatable bonds is 6. The van der Waals surface area contributed by atoms with Crippen LogP contribution in [0.4, 0.5) is 0 Å². The third-order valence-corrected chi connectivity index (χ3v) is 2.32. The van der Waals surface area contributed by atoms with Crippen molar-refractivity contribution in [3.05, 3.63) is 29.8 Å². The van der Waals surface area contributed by atoms with E-state index in [-0.39, 0.29) is 5.91 Å². The van der Waals surface area contributed by atoms with Gasteiger partial charge in [-0.1, -0.05) is 19.1 Å². The Bertz CT molecular complexity index is 319. The van der Waals surface area contributed by atoms with E-state index >= 15 is 0 Å². The molecule has 0 aliphatic carbocycles. The number of carbonyl (C=O) groups is 1. The Kier molecular flexibility index (Phi) is 5.40. The molecular formula is C13H19NO2. The highest BCUT2D eigenvalue weighted by Crippen LogP contribution is 2.13. The Morgan fingerprint density at radius 3 is 2.56 bits per heavy atom. The van der Waals surface area contributed by atoms with Gasteiger partial charge >= 0.3 is 0 Å². The molecule has 16 heavy (non-hydrogen) atoms. The molecule has 0 fully saturated rings. The lowest BCUT2D eigenvalue weighted by molar-refractivity contribution is -0.120. The third kappa shape index (κ3) is 4.34. The predicted octanol–water partition coefficient (Wildman–Crippen LogP) is 2.15. The summed E-state index contributed by atoms with van der Waals surface area (Å²) in [7, 11) is 1.66. The van der Waals surface area contributed by atoms with Crippen LogP contribution in [0.2, 0.25) is 0 Å². The summed E-state index contributed by atoms with van der Waals surface area (Å²) < 4.78 is 5.48. The standard InChI is InChI=1S/C13H19NO2/c1-3-10-16-12-7-4-11(5-8-12)6-9-13(15)14-2/h4-5,7-8H,3,6,9-10H2,1-2H3,(H,14,15).